The van der Waals surface area contributed by atoms with E-state index in [0.717, 1.165) is 5.56 Å². The molecule has 116 valence electrons. The maximum Gasteiger partial charge on any atom is 0.274 e. The Bertz CT molecular complexity index is 830. The van der Waals surface area contributed by atoms with Crippen molar-refractivity contribution >= 4 is 5.91 Å². The van der Waals surface area contributed by atoms with Crippen LogP contribution < -0.4 is 5.48 Å². The molecule has 0 aliphatic carbocycles. The van der Waals surface area contributed by atoms with Crippen LogP contribution in [0.3, 0.4) is 0 Å². The fourth-order valence-electron chi connectivity index (χ4n) is 2.24. The van der Waals surface area contributed by atoms with Gasteiger partial charge in [-0.15, -0.1) is 5.10 Å². The Morgan fingerprint density at radius 3 is 2.65 bits per heavy atom. The van der Waals surface area contributed by atoms with Crippen LogP contribution in [0.2, 0.25) is 0 Å². The molecule has 0 radical (unpaired) electrons. The second kappa shape index (κ2) is 6.37. The first-order chi connectivity index (χ1) is 11.2. The predicted octanol–water partition coefficient (Wildman–Crippen LogP) is 2.25. The van der Waals surface area contributed by atoms with Crippen LogP contribution in [0.15, 0.2) is 54.7 Å². The van der Waals surface area contributed by atoms with E-state index in [2.05, 4.69) is 10.3 Å². The second-order valence-electron chi connectivity index (χ2n) is 4.91. The van der Waals surface area contributed by atoms with E-state index < -0.39 is 5.91 Å². The van der Waals surface area contributed by atoms with E-state index in [0.29, 0.717) is 23.4 Å². The van der Waals surface area contributed by atoms with Crippen LogP contribution in [-0.4, -0.2) is 26.1 Å². The highest BCUT2D eigenvalue weighted by Crippen LogP contribution is 2.17. The highest BCUT2D eigenvalue weighted by Gasteiger charge is 2.11. The summed E-state index contributed by atoms with van der Waals surface area (Å²) < 4.78 is 14.5. The van der Waals surface area contributed by atoms with Crippen LogP contribution in [0, 0.1) is 5.82 Å². The maximum atomic E-state index is 12.9. The fourth-order valence-corrected chi connectivity index (χ4v) is 2.24. The number of carbonyl (C=O) groups excluding carboxylic acids is 1. The summed E-state index contributed by atoms with van der Waals surface area (Å²) in [6, 6.07) is 12.8. The molecule has 7 heteroatoms. The van der Waals surface area contributed by atoms with E-state index in [9.17, 15) is 9.18 Å². The number of hydrogen-bond donors (Lipinski definition) is 2. The van der Waals surface area contributed by atoms with E-state index in [4.69, 9.17) is 5.21 Å². The minimum atomic E-state index is -0.584. The average molecular weight is 312 g/mol. The first-order valence-corrected chi connectivity index (χ1v) is 6.86. The molecule has 0 bridgehead atoms. The number of nitrogens with zero attached hydrogens (tertiary/aromatic N) is 3. The number of hydroxylamine groups is 1. The van der Waals surface area contributed by atoms with Crippen LogP contribution in [-0.2, 0) is 6.54 Å². The predicted molar refractivity (Wildman–Crippen MR) is 80.2 cm³/mol. The summed E-state index contributed by atoms with van der Waals surface area (Å²) >= 11 is 0. The molecule has 23 heavy (non-hydrogen) atoms. The Kier molecular flexibility index (Phi) is 4.11. The van der Waals surface area contributed by atoms with Gasteiger partial charge in [-0.2, -0.15) is 0 Å². The van der Waals surface area contributed by atoms with Gasteiger partial charge in [-0.25, -0.2) is 14.6 Å². The normalized spacial score (nSPS) is 10.5. The molecule has 0 saturated carbocycles. The zero-order valence-electron chi connectivity index (χ0n) is 12.0. The zero-order chi connectivity index (χ0) is 16.2. The molecule has 6 nitrogen and oxygen atoms in total. The number of aromatic nitrogens is 3. The molecule has 1 amide bonds. The molecule has 0 unspecified atom stereocenters. The quantitative estimate of drug-likeness (QED) is 0.572. The molecule has 1 aromatic heterocycles. The third kappa shape index (κ3) is 3.24. The van der Waals surface area contributed by atoms with Crippen LogP contribution in [0.5, 0.6) is 0 Å². The fraction of sp³-hybridized carbons (Fsp3) is 0.0625. The van der Waals surface area contributed by atoms with E-state index in [1.165, 1.54) is 12.1 Å². The van der Waals surface area contributed by atoms with Gasteiger partial charge in [0.2, 0.25) is 0 Å². The van der Waals surface area contributed by atoms with Crippen molar-refractivity contribution in [1.29, 1.82) is 0 Å². The summed E-state index contributed by atoms with van der Waals surface area (Å²) in [7, 11) is 0. The number of amides is 1. The van der Waals surface area contributed by atoms with Gasteiger partial charge in [-0.1, -0.05) is 23.4 Å². The van der Waals surface area contributed by atoms with Crippen molar-refractivity contribution in [3.05, 3.63) is 71.7 Å². The molecule has 0 fully saturated rings. The van der Waals surface area contributed by atoms with Crippen molar-refractivity contribution in [2.45, 2.75) is 6.54 Å². The number of hydrogen-bond acceptors (Lipinski definition) is 4. The van der Waals surface area contributed by atoms with E-state index in [1.807, 2.05) is 0 Å². The number of benzene rings is 2. The lowest BCUT2D eigenvalue weighted by molar-refractivity contribution is 0.0705. The molecule has 0 atom stereocenters. The van der Waals surface area contributed by atoms with Gasteiger partial charge in [0.1, 0.15) is 11.5 Å². The Hall–Kier alpha value is -3.06. The SMILES string of the molecule is O=C(NO)c1ccccc1Cn1cc(-c2ccc(F)cc2)nn1. The highest BCUT2D eigenvalue weighted by atomic mass is 19.1. The lowest BCUT2D eigenvalue weighted by atomic mass is 10.1. The summed E-state index contributed by atoms with van der Waals surface area (Å²) in [5.74, 6) is -0.899. The molecule has 0 saturated heterocycles. The van der Waals surface area contributed by atoms with Gasteiger partial charge in [0.15, 0.2) is 0 Å². The van der Waals surface area contributed by atoms with Crippen molar-refractivity contribution in [2.75, 3.05) is 0 Å². The molecule has 0 aliphatic heterocycles. The highest BCUT2D eigenvalue weighted by molar-refractivity contribution is 5.94. The minimum absolute atomic E-state index is 0.315. The van der Waals surface area contributed by atoms with Crippen molar-refractivity contribution < 1.29 is 14.4 Å². The Balaban J connectivity index is 1.85. The average Bonchev–Trinajstić information content (AvgIpc) is 3.04. The van der Waals surface area contributed by atoms with Crippen LogP contribution in [0.4, 0.5) is 4.39 Å². The van der Waals surface area contributed by atoms with Gasteiger partial charge < -0.3 is 0 Å². The van der Waals surface area contributed by atoms with Gasteiger partial charge in [-0.3, -0.25) is 10.0 Å². The summed E-state index contributed by atoms with van der Waals surface area (Å²) in [5.41, 5.74) is 4.02. The first-order valence-electron chi connectivity index (χ1n) is 6.86. The molecular weight excluding hydrogens is 299 g/mol. The first kappa shape index (κ1) is 14.9. The summed E-state index contributed by atoms with van der Waals surface area (Å²) in [4.78, 5) is 11.6. The second-order valence-corrected chi connectivity index (χ2v) is 4.91. The van der Waals surface area contributed by atoms with Crippen molar-refractivity contribution in [1.82, 2.24) is 20.5 Å². The molecule has 2 aromatic carbocycles. The van der Waals surface area contributed by atoms with Crippen molar-refractivity contribution in [2.24, 2.45) is 0 Å². The van der Waals surface area contributed by atoms with Gasteiger partial charge >= 0.3 is 0 Å². The zero-order valence-corrected chi connectivity index (χ0v) is 12.0. The topological polar surface area (TPSA) is 80.0 Å². The van der Waals surface area contributed by atoms with Gasteiger partial charge in [-0.05, 0) is 35.9 Å². The number of halogens is 1. The summed E-state index contributed by atoms with van der Waals surface area (Å²) in [6.45, 7) is 0.317. The molecule has 1 heterocycles. The van der Waals surface area contributed by atoms with E-state index in [1.54, 1.807) is 52.8 Å². The summed E-state index contributed by atoms with van der Waals surface area (Å²) in [5, 5.41) is 16.9. The number of nitrogens with one attached hydrogen (secondary N) is 1. The lowest BCUT2D eigenvalue weighted by Gasteiger charge is -2.07. The largest absolute Gasteiger partial charge is 0.288 e. The minimum Gasteiger partial charge on any atom is -0.288 e. The van der Waals surface area contributed by atoms with Gasteiger partial charge in [0.05, 0.1) is 12.7 Å². The van der Waals surface area contributed by atoms with Crippen molar-refractivity contribution in [3.63, 3.8) is 0 Å². The molecule has 3 aromatic rings. The van der Waals surface area contributed by atoms with E-state index >= 15 is 0 Å². The third-order valence-corrected chi connectivity index (χ3v) is 3.37. The standard InChI is InChI=1S/C16H13FN4O2/c17-13-7-5-11(6-8-13)15-10-21(20-18-15)9-12-3-1-2-4-14(12)16(22)19-23/h1-8,10,23H,9H2,(H,19,22). The smallest absolute Gasteiger partial charge is 0.274 e. The van der Waals surface area contributed by atoms with Gasteiger partial charge in [0.25, 0.3) is 5.91 Å². The van der Waals surface area contributed by atoms with Gasteiger partial charge in [0, 0.05) is 11.1 Å². The van der Waals surface area contributed by atoms with Crippen LogP contribution in [0.25, 0.3) is 11.3 Å². The molecule has 3 rings (SSSR count). The molecule has 0 aliphatic rings. The Labute approximate surface area is 131 Å². The Morgan fingerprint density at radius 1 is 1.17 bits per heavy atom. The number of rotatable bonds is 4. The van der Waals surface area contributed by atoms with Crippen LogP contribution in [0.1, 0.15) is 15.9 Å². The van der Waals surface area contributed by atoms with E-state index in [-0.39, 0.29) is 5.82 Å². The molecule has 2 N–H and O–H groups in total. The number of carbonyl (C=O) groups is 1. The maximum absolute atomic E-state index is 12.9. The molecular formula is C16H13FN4O2. The van der Waals surface area contributed by atoms with Crippen molar-refractivity contribution in [3.8, 4) is 11.3 Å². The Morgan fingerprint density at radius 2 is 1.91 bits per heavy atom. The lowest BCUT2D eigenvalue weighted by Crippen LogP contribution is -2.21. The van der Waals surface area contributed by atoms with Crippen LogP contribution >= 0.6 is 0 Å². The third-order valence-electron chi connectivity index (χ3n) is 3.37. The summed E-state index contributed by atoms with van der Waals surface area (Å²) in [6.07, 6.45) is 1.71. The monoisotopic (exact) mass is 312 g/mol. The molecule has 0 spiro atoms.